The van der Waals surface area contributed by atoms with Gasteiger partial charge in [-0.1, -0.05) is 36.3 Å². The smallest absolute Gasteiger partial charge is 0.358 e. The standard InChI is InChI=1S/C16H23N5O2/c1-12(2)3-4-13-7-9-19(10-8-13)15-6-5-14-17-11-16(21(22)23)20(14)18-15/h5-6,11-13H,3-4,7-10H2,1-2H3. The quantitative estimate of drug-likeness (QED) is 0.624. The predicted octanol–water partition coefficient (Wildman–Crippen LogP) is 3.29. The van der Waals surface area contributed by atoms with Crippen LogP contribution in [0.5, 0.6) is 0 Å². The van der Waals surface area contributed by atoms with Crippen molar-refractivity contribution in [3.63, 3.8) is 0 Å². The third-order valence-electron chi connectivity index (χ3n) is 4.61. The van der Waals surface area contributed by atoms with Gasteiger partial charge in [0.25, 0.3) is 0 Å². The molecule has 1 saturated heterocycles. The summed E-state index contributed by atoms with van der Waals surface area (Å²) in [5.41, 5.74) is 0.507. The Bertz CT molecular complexity index is 689. The van der Waals surface area contributed by atoms with Crippen molar-refractivity contribution < 1.29 is 4.92 Å². The molecular formula is C16H23N5O2. The highest BCUT2D eigenvalue weighted by atomic mass is 16.6. The first-order chi connectivity index (χ1) is 11.0. The molecule has 7 heteroatoms. The van der Waals surface area contributed by atoms with E-state index in [1.165, 1.54) is 36.4 Å². The normalized spacial score (nSPS) is 16.4. The number of piperidine rings is 1. The van der Waals surface area contributed by atoms with Crippen LogP contribution in [0.2, 0.25) is 0 Å². The Balaban J connectivity index is 1.69. The van der Waals surface area contributed by atoms with E-state index in [2.05, 4.69) is 28.8 Å². The van der Waals surface area contributed by atoms with Gasteiger partial charge in [0.2, 0.25) is 5.65 Å². The third-order valence-corrected chi connectivity index (χ3v) is 4.61. The molecule has 0 radical (unpaired) electrons. The molecule has 3 rings (SSSR count). The molecule has 0 aromatic carbocycles. The molecule has 0 aliphatic carbocycles. The second-order valence-electron chi connectivity index (χ2n) is 6.74. The summed E-state index contributed by atoms with van der Waals surface area (Å²) in [7, 11) is 0. The predicted molar refractivity (Wildman–Crippen MR) is 88.7 cm³/mol. The molecule has 1 fully saturated rings. The van der Waals surface area contributed by atoms with Crippen LogP contribution < -0.4 is 4.90 Å². The summed E-state index contributed by atoms with van der Waals surface area (Å²) < 4.78 is 1.32. The zero-order chi connectivity index (χ0) is 16.4. The third kappa shape index (κ3) is 3.43. The maximum absolute atomic E-state index is 11.0. The SMILES string of the molecule is CC(C)CCC1CCN(c2ccc3ncc([N+](=O)[O-])n3n2)CC1. The Morgan fingerprint density at radius 1 is 1.35 bits per heavy atom. The van der Waals surface area contributed by atoms with Crippen molar-refractivity contribution in [2.45, 2.75) is 39.5 Å². The minimum atomic E-state index is -0.449. The van der Waals surface area contributed by atoms with Crippen LogP contribution in [0, 0.1) is 22.0 Å². The van der Waals surface area contributed by atoms with Gasteiger partial charge in [0.1, 0.15) is 6.20 Å². The van der Waals surface area contributed by atoms with Crippen molar-refractivity contribution in [3.05, 3.63) is 28.4 Å². The number of aromatic nitrogens is 3. The molecule has 0 atom stereocenters. The molecule has 1 aliphatic rings. The maximum Gasteiger partial charge on any atom is 0.368 e. The van der Waals surface area contributed by atoms with Gasteiger partial charge in [-0.05, 0) is 35.7 Å². The van der Waals surface area contributed by atoms with Crippen LogP contribution in [-0.2, 0) is 0 Å². The van der Waals surface area contributed by atoms with Gasteiger partial charge in [0.05, 0.1) is 0 Å². The van der Waals surface area contributed by atoms with Crippen LogP contribution in [0.4, 0.5) is 11.6 Å². The van der Waals surface area contributed by atoms with E-state index in [4.69, 9.17) is 0 Å². The van der Waals surface area contributed by atoms with E-state index in [1.807, 2.05) is 6.07 Å². The van der Waals surface area contributed by atoms with Crippen LogP contribution in [0.25, 0.3) is 5.65 Å². The number of nitrogens with zero attached hydrogens (tertiary/aromatic N) is 5. The van der Waals surface area contributed by atoms with E-state index >= 15 is 0 Å². The molecule has 0 N–H and O–H groups in total. The van der Waals surface area contributed by atoms with E-state index in [9.17, 15) is 10.1 Å². The summed E-state index contributed by atoms with van der Waals surface area (Å²) in [6.45, 7) is 6.46. The van der Waals surface area contributed by atoms with Gasteiger partial charge in [-0.2, -0.15) is 0 Å². The van der Waals surface area contributed by atoms with Crippen LogP contribution in [0.3, 0.4) is 0 Å². The van der Waals surface area contributed by atoms with Crippen molar-refractivity contribution in [1.82, 2.24) is 14.6 Å². The average Bonchev–Trinajstić information content (AvgIpc) is 2.96. The summed E-state index contributed by atoms with van der Waals surface area (Å²) >= 11 is 0. The van der Waals surface area contributed by atoms with Gasteiger partial charge in [0.15, 0.2) is 5.82 Å². The number of rotatable bonds is 5. The molecule has 0 spiro atoms. The molecule has 124 valence electrons. The number of hydrogen-bond donors (Lipinski definition) is 0. The topological polar surface area (TPSA) is 76.6 Å². The molecule has 0 unspecified atom stereocenters. The Labute approximate surface area is 135 Å². The minimum absolute atomic E-state index is 0.0892. The molecule has 3 heterocycles. The Morgan fingerprint density at radius 3 is 2.74 bits per heavy atom. The fraction of sp³-hybridized carbons (Fsp3) is 0.625. The van der Waals surface area contributed by atoms with Crippen molar-refractivity contribution in [3.8, 4) is 0 Å². The van der Waals surface area contributed by atoms with E-state index in [0.29, 0.717) is 5.65 Å². The highest BCUT2D eigenvalue weighted by Gasteiger charge is 2.23. The number of anilines is 1. The van der Waals surface area contributed by atoms with E-state index < -0.39 is 4.92 Å². The molecule has 7 nitrogen and oxygen atoms in total. The van der Waals surface area contributed by atoms with E-state index in [-0.39, 0.29) is 5.82 Å². The fourth-order valence-electron chi connectivity index (χ4n) is 3.16. The van der Waals surface area contributed by atoms with Crippen LogP contribution in [0.15, 0.2) is 18.3 Å². The highest BCUT2D eigenvalue weighted by molar-refractivity contribution is 5.49. The van der Waals surface area contributed by atoms with Gasteiger partial charge in [-0.15, -0.1) is 0 Å². The summed E-state index contributed by atoms with van der Waals surface area (Å²) in [4.78, 5) is 16.8. The molecule has 23 heavy (non-hydrogen) atoms. The van der Waals surface area contributed by atoms with Crippen LogP contribution in [-0.4, -0.2) is 32.6 Å². The average molecular weight is 317 g/mol. The monoisotopic (exact) mass is 317 g/mol. The van der Waals surface area contributed by atoms with E-state index in [0.717, 1.165) is 30.7 Å². The summed E-state index contributed by atoms with van der Waals surface area (Å²) in [5.74, 6) is 2.26. The highest BCUT2D eigenvalue weighted by Crippen LogP contribution is 2.26. The van der Waals surface area contributed by atoms with Crippen molar-refractivity contribution >= 4 is 17.3 Å². The summed E-state index contributed by atoms with van der Waals surface area (Å²) in [5, 5.41) is 15.4. The largest absolute Gasteiger partial charge is 0.368 e. The summed E-state index contributed by atoms with van der Waals surface area (Å²) in [6, 6.07) is 3.70. The lowest BCUT2D eigenvalue weighted by Gasteiger charge is -2.32. The molecule has 0 amide bonds. The molecule has 2 aromatic rings. The minimum Gasteiger partial charge on any atom is -0.358 e. The van der Waals surface area contributed by atoms with E-state index in [1.54, 1.807) is 6.07 Å². The molecule has 0 saturated carbocycles. The molecule has 1 aliphatic heterocycles. The van der Waals surface area contributed by atoms with Gasteiger partial charge in [-0.25, -0.2) is 4.98 Å². The van der Waals surface area contributed by atoms with Gasteiger partial charge < -0.3 is 15.0 Å². The van der Waals surface area contributed by atoms with Crippen molar-refractivity contribution in [2.75, 3.05) is 18.0 Å². The summed E-state index contributed by atoms with van der Waals surface area (Å²) in [6.07, 6.45) is 6.17. The zero-order valence-electron chi connectivity index (χ0n) is 13.7. The first-order valence-corrected chi connectivity index (χ1v) is 8.28. The maximum atomic E-state index is 11.0. The number of imidazole rings is 1. The van der Waals surface area contributed by atoms with Gasteiger partial charge in [-0.3, -0.25) is 0 Å². The lowest BCUT2D eigenvalue weighted by atomic mass is 9.90. The first kappa shape index (κ1) is 15.7. The lowest BCUT2D eigenvalue weighted by Crippen LogP contribution is -2.34. The Kier molecular flexibility index (Phi) is 4.45. The van der Waals surface area contributed by atoms with Crippen molar-refractivity contribution in [2.24, 2.45) is 11.8 Å². The fourth-order valence-corrected chi connectivity index (χ4v) is 3.16. The molecular weight excluding hydrogens is 294 g/mol. The molecule has 2 aromatic heterocycles. The Hall–Kier alpha value is -2.18. The molecule has 0 bridgehead atoms. The van der Waals surface area contributed by atoms with Crippen molar-refractivity contribution in [1.29, 1.82) is 0 Å². The number of fused-ring (bicyclic) bond motifs is 1. The zero-order valence-corrected chi connectivity index (χ0v) is 13.7. The lowest BCUT2D eigenvalue weighted by molar-refractivity contribution is -0.391. The van der Waals surface area contributed by atoms with Crippen LogP contribution in [0.1, 0.15) is 39.5 Å². The van der Waals surface area contributed by atoms with Gasteiger partial charge in [0, 0.05) is 19.2 Å². The number of nitro groups is 1. The first-order valence-electron chi connectivity index (χ1n) is 8.28. The second-order valence-corrected chi connectivity index (χ2v) is 6.74. The van der Waals surface area contributed by atoms with Gasteiger partial charge >= 0.3 is 5.82 Å². The second kappa shape index (κ2) is 6.52. The van der Waals surface area contributed by atoms with Crippen LogP contribution >= 0.6 is 0 Å². The number of hydrogen-bond acceptors (Lipinski definition) is 5. The Morgan fingerprint density at radius 2 is 2.09 bits per heavy atom.